The first-order valence-electron chi connectivity index (χ1n) is 7.74. The zero-order valence-corrected chi connectivity index (χ0v) is 13.8. The van der Waals surface area contributed by atoms with Crippen molar-refractivity contribution in [1.82, 2.24) is 0 Å². The first kappa shape index (κ1) is 17.3. The Hall–Kier alpha value is -3.06. The topological polar surface area (TPSA) is 59.3 Å². The Bertz CT molecular complexity index is 773. The van der Waals surface area contributed by atoms with Crippen LogP contribution in [0, 0.1) is 11.3 Å². The third kappa shape index (κ3) is 4.47. The largest absolute Gasteiger partial charge is 0.493 e. The first-order chi connectivity index (χ1) is 11.7. The predicted octanol–water partition coefficient (Wildman–Crippen LogP) is 4.46. The van der Waals surface area contributed by atoms with Crippen molar-refractivity contribution in [2.45, 2.75) is 19.8 Å². The fourth-order valence-corrected chi connectivity index (χ4v) is 2.20. The number of nitrogens with zero attached hydrogens (tertiary/aromatic N) is 1. The second-order valence-electron chi connectivity index (χ2n) is 5.17. The average Bonchev–Trinajstić information content (AvgIpc) is 2.61. The number of hydrogen-bond acceptors (Lipinski definition) is 4. The Balaban J connectivity index is 2.30. The van der Waals surface area contributed by atoms with Crippen molar-refractivity contribution >= 4 is 17.6 Å². The first-order valence-corrected chi connectivity index (χ1v) is 7.74. The van der Waals surface area contributed by atoms with Gasteiger partial charge in [0.05, 0.1) is 18.8 Å². The molecule has 0 radical (unpaired) electrons. The van der Waals surface area contributed by atoms with Gasteiger partial charge in [-0.1, -0.05) is 43.3 Å². The van der Waals surface area contributed by atoms with E-state index in [0.29, 0.717) is 23.5 Å². The lowest BCUT2D eigenvalue weighted by atomic mass is 10.0. The summed E-state index contributed by atoms with van der Waals surface area (Å²) in [5.41, 5.74) is 2.19. The van der Waals surface area contributed by atoms with Crippen molar-refractivity contribution in [3.8, 4) is 17.6 Å². The monoisotopic (exact) mass is 321 g/mol. The maximum absolute atomic E-state index is 11.6. The maximum atomic E-state index is 11.6. The zero-order valence-electron chi connectivity index (χ0n) is 13.8. The van der Waals surface area contributed by atoms with Gasteiger partial charge in [-0.3, -0.25) is 4.79 Å². The van der Waals surface area contributed by atoms with E-state index in [9.17, 15) is 10.1 Å². The average molecular weight is 321 g/mol. The van der Waals surface area contributed by atoms with Crippen LogP contribution in [0.3, 0.4) is 0 Å². The Morgan fingerprint density at radius 3 is 2.54 bits per heavy atom. The molecule has 0 N–H and O–H groups in total. The zero-order chi connectivity index (χ0) is 17.4. The number of carbonyl (C=O) groups excluding carboxylic acids is 1. The van der Waals surface area contributed by atoms with Gasteiger partial charge in [-0.25, -0.2) is 0 Å². The smallest absolute Gasteiger partial charge is 0.311 e. The Kier molecular flexibility index (Phi) is 6.16. The lowest BCUT2D eigenvalue weighted by Crippen LogP contribution is -2.07. The minimum absolute atomic E-state index is 0.291. The molecule has 4 heteroatoms. The number of methoxy groups -OCH3 is 1. The van der Waals surface area contributed by atoms with Gasteiger partial charge in [0.25, 0.3) is 0 Å². The van der Waals surface area contributed by atoms with Crippen molar-refractivity contribution in [1.29, 1.82) is 5.26 Å². The molecule has 0 aliphatic heterocycles. The van der Waals surface area contributed by atoms with E-state index in [1.54, 1.807) is 24.3 Å². The van der Waals surface area contributed by atoms with Crippen molar-refractivity contribution in [2.75, 3.05) is 7.11 Å². The molecule has 0 amide bonds. The summed E-state index contributed by atoms with van der Waals surface area (Å²) in [5.74, 6) is 0.547. The minimum Gasteiger partial charge on any atom is -0.493 e. The molecular weight excluding hydrogens is 302 g/mol. The SMILES string of the molecule is CCCC(=O)Oc1ccc(/C=C(\C#N)c2ccccc2)cc1OC. The number of nitriles is 1. The van der Waals surface area contributed by atoms with Crippen LogP contribution < -0.4 is 9.47 Å². The number of rotatable bonds is 6. The van der Waals surface area contributed by atoms with Gasteiger partial charge in [0, 0.05) is 6.42 Å². The van der Waals surface area contributed by atoms with Crippen molar-refractivity contribution in [2.24, 2.45) is 0 Å². The molecule has 0 saturated heterocycles. The van der Waals surface area contributed by atoms with Crippen LogP contribution in [0.4, 0.5) is 0 Å². The lowest BCUT2D eigenvalue weighted by molar-refractivity contribution is -0.134. The van der Waals surface area contributed by atoms with E-state index in [2.05, 4.69) is 6.07 Å². The van der Waals surface area contributed by atoms with Gasteiger partial charge in [0.1, 0.15) is 0 Å². The van der Waals surface area contributed by atoms with Crippen LogP contribution >= 0.6 is 0 Å². The molecule has 0 saturated carbocycles. The molecule has 0 spiro atoms. The summed E-state index contributed by atoms with van der Waals surface area (Å²) in [6, 6.07) is 16.9. The number of allylic oxidation sites excluding steroid dienone is 1. The summed E-state index contributed by atoms with van der Waals surface area (Å²) < 4.78 is 10.6. The summed E-state index contributed by atoms with van der Waals surface area (Å²) in [6.45, 7) is 1.92. The third-order valence-corrected chi connectivity index (χ3v) is 3.38. The van der Waals surface area contributed by atoms with Gasteiger partial charge >= 0.3 is 5.97 Å². The maximum Gasteiger partial charge on any atom is 0.311 e. The van der Waals surface area contributed by atoms with Gasteiger partial charge in [-0.15, -0.1) is 0 Å². The molecule has 0 heterocycles. The second kappa shape index (κ2) is 8.54. The Morgan fingerprint density at radius 2 is 1.92 bits per heavy atom. The van der Waals surface area contributed by atoms with Crippen LogP contribution in [0.25, 0.3) is 11.6 Å². The molecule has 0 aromatic heterocycles. The summed E-state index contributed by atoms with van der Waals surface area (Å²) in [5, 5.41) is 9.38. The van der Waals surface area contributed by atoms with Crippen LogP contribution in [0.1, 0.15) is 30.9 Å². The molecule has 122 valence electrons. The summed E-state index contributed by atoms with van der Waals surface area (Å²) >= 11 is 0. The Labute approximate surface area is 141 Å². The van der Waals surface area contributed by atoms with Crippen LogP contribution in [0.15, 0.2) is 48.5 Å². The quantitative estimate of drug-likeness (QED) is 0.341. The van der Waals surface area contributed by atoms with Crippen LogP contribution in [0.2, 0.25) is 0 Å². The highest BCUT2D eigenvalue weighted by Crippen LogP contribution is 2.30. The van der Waals surface area contributed by atoms with Crippen molar-refractivity contribution in [3.05, 3.63) is 59.7 Å². The van der Waals surface area contributed by atoms with Crippen LogP contribution in [0.5, 0.6) is 11.5 Å². The molecule has 0 bridgehead atoms. The molecule has 0 atom stereocenters. The van der Waals surface area contributed by atoms with Crippen molar-refractivity contribution in [3.63, 3.8) is 0 Å². The highest BCUT2D eigenvalue weighted by molar-refractivity contribution is 5.89. The van der Waals surface area contributed by atoms with Crippen LogP contribution in [-0.4, -0.2) is 13.1 Å². The van der Waals surface area contributed by atoms with Gasteiger partial charge in [-0.05, 0) is 35.8 Å². The normalized spacial score (nSPS) is 10.8. The second-order valence-corrected chi connectivity index (χ2v) is 5.17. The fraction of sp³-hybridized carbons (Fsp3) is 0.200. The molecule has 4 nitrogen and oxygen atoms in total. The van der Waals surface area contributed by atoms with Gasteiger partial charge in [0.15, 0.2) is 11.5 Å². The van der Waals surface area contributed by atoms with Gasteiger partial charge in [-0.2, -0.15) is 5.26 Å². The Morgan fingerprint density at radius 1 is 1.17 bits per heavy atom. The van der Waals surface area contributed by atoms with E-state index < -0.39 is 0 Å². The molecule has 2 rings (SSSR count). The molecule has 0 fully saturated rings. The highest BCUT2D eigenvalue weighted by Gasteiger charge is 2.10. The third-order valence-electron chi connectivity index (χ3n) is 3.38. The minimum atomic E-state index is -0.291. The molecular formula is C20H19NO3. The molecule has 0 unspecified atom stereocenters. The van der Waals surface area contributed by atoms with E-state index in [1.807, 2.05) is 37.3 Å². The summed E-state index contributed by atoms with van der Waals surface area (Å²) in [7, 11) is 1.52. The van der Waals surface area contributed by atoms with Gasteiger partial charge < -0.3 is 9.47 Å². The fourth-order valence-electron chi connectivity index (χ4n) is 2.20. The summed E-state index contributed by atoms with van der Waals surface area (Å²) in [4.78, 5) is 11.6. The molecule has 2 aromatic carbocycles. The van der Waals surface area contributed by atoms with E-state index in [4.69, 9.17) is 9.47 Å². The molecule has 0 aliphatic carbocycles. The molecule has 2 aromatic rings. The number of benzene rings is 2. The van der Waals surface area contributed by atoms with Crippen molar-refractivity contribution < 1.29 is 14.3 Å². The van der Waals surface area contributed by atoms with E-state index in [0.717, 1.165) is 17.5 Å². The molecule has 24 heavy (non-hydrogen) atoms. The highest BCUT2D eigenvalue weighted by atomic mass is 16.6. The number of esters is 1. The van der Waals surface area contributed by atoms with Gasteiger partial charge in [0.2, 0.25) is 0 Å². The van der Waals surface area contributed by atoms with E-state index in [-0.39, 0.29) is 5.97 Å². The van der Waals surface area contributed by atoms with Crippen LogP contribution in [-0.2, 0) is 4.79 Å². The number of hydrogen-bond donors (Lipinski definition) is 0. The van der Waals surface area contributed by atoms with E-state index in [1.165, 1.54) is 7.11 Å². The number of carbonyl (C=O) groups is 1. The lowest BCUT2D eigenvalue weighted by Gasteiger charge is -2.10. The standard InChI is InChI=1S/C20H19NO3/c1-3-7-20(22)24-18-11-10-15(13-19(18)23-2)12-17(14-21)16-8-5-4-6-9-16/h4-6,8-13H,3,7H2,1-2H3/b17-12+. The predicted molar refractivity (Wildman–Crippen MR) is 93.5 cm³/mol. The number of ether oxygens (including phenoxy) is 2. The molecule has 0 aliphatic rings. The van der Waals surface area contributed by atoms with E-state index >= 15 is 0 Å². The summed E-state index contributed by atoms with van der Waals surface area (Å²) in [6.07, 6.45) is 2.86.